The Morgan fingerprint density at radius 2 is 1.75 bits per heavy atom. The Kier molecular flexibility index (Phi) is 13.0. The Balaban J connectivity index is 0.000000435. The molecule has 0 spiro atoms. The first-order valence-electron chi connectivity index (χ1n) is 17.3. The average Bonchev–Trinajstić information content (AvgIpc) is 3.89. The van der Waals surface area contributed by atoms with Crippen molar-refractivity contribution in [1.29, 1.82) is 0 Å². The van der Waals surface area contributed by atoms with Crippen LogP contribution in [-0.4, -0.2) is 34.0 Å². The lowest BCUT2D eigenvalue weighted by molar-refractivity contribution is -0.138. The Bertz CT molecular complexity index is 1930. The first-order chi connectivity index (χ1) is 24.5. The maximum Gasteiger partial charge on any atom is 0.303 e. The molecule has 6 nitrogen and oxygen atoms in total. The summed E-state index contributed by atoms with van der Waals surface area (Å²) >= 11 is 8.04. The van der Waals surface area contributed by atoms with E-state index in [0.717, 1.165) is 76.0 Å². The van der Waals surface area contributed by atoms with E-state index in [1.807, 2.05) is 98.4 Å². The molecule has 0 amide bonds. The van der Waals surface area contributed by atoms with Crippen LogP contribution in [0.4, 0.5) is 0 Å². The van der Waals surface area contributed by atoms with Crippen molar-refractivity contribution in [1.82, 2.24) is 4.98 Å². The molecule has 266 valence electrons. The zero-order valence-corrected chi connectivity index (χ0v) is 31.1. The molecule has 1 fully saturated rings. The quantitative estimate of drug-likeness (QED) is 0.105. The van der Waals surface area contributed by atoms with Gasteiger partial charge in [0.15, 0.2) is 0 Å². The van der Waals surface area contributed by atoms with Gasteiger partial charge in [-0.25, -0.2) is 4.98 Å². The predicted octanol–water partition coefficient (Wildman–Crippen LogP) is 10.1. The number of hydrogen-bond donors (Lipinski definition) is 3. The van der Waals surface area contributed by atoms with Crippen molar-refractivity contribution in [3.63, 3.8) is 0 Å². The molecule has 1 atom stereocenters. The van der Waals surface area contributed by atoms with E-state index >= 15 is 0 Å². The molecule has 0 bridgehead atoms. The number of benzene rings is 4. The molecule has 5 aromatic rings. The number of halogens is 1. The van der Waals surface area contributed by atoms with Gasteiger partial charge in [-0.2, -0.15) is 11.8 Å². The zero-order chi connectivity index (χ0) is 36.4. The van der Waals surface area contributed by atoms with Crippen molar-refractivity contribution in [3.05, 3.63) is 142 Å². The molecule has 1 aliphatic rings. The van der Waals surface area contributed by atoms with Crippen LogP contribution in [0, 0.1) is 5.41 Å². The molecule has 0 saturated heterocycles. The maximum absolute atomic E-state index is 11.5. The summed E-state index contributed by atoms with van der Waals surface area (Å²) in [7, 11) is 1.65. The second-order valence-corrected chi connectivity index (χ2v) is 15.4. The summed E-state index contributed by atoms with van der Waals surface area (Å²) in [6, 6.07) is 34.2. The molecule has 0 aliphatic heterocycles. The Morgan fingerprint density at radius 3 is 2.43 bits per heavy atom. The molecular weight excluding hydrogens is 676 g/mol. The Hall–Kier alpha value is -4.14. The van der Waals surface area contributed by atoms with Crippen LogP contribution in [0.5, 0.6) is 5.75 Å². The second-order valence-electron chi connectivity index (χ2n) is 13.8. The largest absolute Gasteiger partial charge is 0.497 e. The maximum atomic E-state index is 11.5. The van der Waals surface area contributed by atoms with Gasteiger partial charge in [0, 0.05) is 28.0 Å². The van der Waals surface area contributed by atoms with Crippen LogP contribution < -0.4 is 10.5 Å². The van der Waals surface area contributed by atoms with Gasteiger partial charge in [0.2, 0.25) is 0 Å². The molecule has 6 rings (SSSR count). The number of nitrogens with two attached hydrogens (primary N) is 1. The highest BCUT2D eigenvalue weighted by Crippen LogP contribution is 2.53. The number of rotatable bonds is 14. The first kappa shape index (κ1) is 38.1. The van der Waals surface area contributed by atoms with E-state index in [1.165, 1.54) is 5.56 Å². The van der Waals surface area contributed by atoms with Crippen molar-refractivity contribution in [2.24, 2.45) is 11.1 Å². The SMILES string of the molecule is CC(C)(O)c1ccccc1CC[C@@H](SCC1(CC(=O)O)CC1)c1cccc(C=Cc2ccc3ccc(Cl)cc3n2)c1.COc1ccc(CN)cc1. The third-order valence-electron chi connectivity index (χ3n) is 9.23. The average molecular weight is 723 g/mol. The number of aliphatic carboxylic acids is 1. The molecule has 4 aromatic carbocycles. The lowest BCUT2D eigenvalue weighted by Gasteiger charge is -2.24. The third kappa shape index (κ3) is 11.2. The molecule has 1 heterocycles. The fourth-order valence-electron chi connectivity index (χ4n) is 6.12. The summed E-state index contributed by atoms with van der Waals surface area (Å²) in [6.45, 7) is 4.25. The summed E-state index contributed by atoms with van der Waals surface area (Å²) in [6.07, 6.45) is 8.02. The number of thioether (sulfide) groups is 1. The smallest absolute Gasteiger partial charge is 0.303 e. The third-order valence-corrected chi connectivity index (χ3v) is 11.2. The van der Waals surface area contributed by atoms with Gasteiger partial charge in [-0.15, -0.1) is 0 Å². The number of pyridine rings is 1. The van der Waals surface area contributed by atoms with Crippen LogP contribution in [-0.2, 0) is 23.4 Å². The van der Waals surface area contributed by atoms with Gasteiger partial charge >= 0.3 is 5.97 Å². The topological polar surface area (TPSA) is 106 Å². The molecule has 4 N–H and O–H groups in total. The minimum atomic E-state index is -0.911. The monoisotopic (exact) mass is 722 g/mol. The van der Waals surface area contributed by atoms with Gasteiger partial charge in [0.05, 0.1) is 30.3 Å². The number of aryl methyl sites for hydroxylation is 1. The van der Waals surface area contributed by atoms with Crippen molar-refractivity contribution >= 4 is 52.4 Å². The molecule has 0 radical (unpaired) electrons. The van der Waals surface area contributed by atoms with E-state index < -0.39 is 11.6 Å². The van der Waals surface area contributed by atoms with Crippen LogP contribution in [0.25, 0.3) is 23.1 Å². The zero-order valence-electron chi connectivity index (χ0n) is 29.5. The van der Waals surface area contributed by atoms with E-state index in [1.54, 1.807) is 7.11 Å². The number of carboxylic acids is 1. The van der Waals surface area contributed by atoms with Crippen molar-refractivity contribution in [3.8, 4) is 5.75 Å². The summed E-state index contributed by atoms with van der Waals surface area (Å²) in [5, 5.41) is 22.1. The number of methoxy groups -OCH3 is 1. The van der Waals surface area contributed by atoms with Crippen molar-refractivity contribution < 1.29 is 19.7 Å². The standard InChI is InChI=1S/C35H36ClNO3S.C8H11NO/c1-34(2,40)30-9-4-3-7-25(30)13-17-32(41-23-35(18-19-35)22-33(38)39)27-8-5-6-24(20-27)10-15-29-16-12-26-11-14-28(36)21-31(26)37-29;1-10-8-4-2-7(6-9)3-5-8/h3-12,14-16,20-21,32,40H,13,17-19,22-23H2,1-2H3,(H,38,39);2-5H,6,9H2,1H3/t32-;/m1./s1. The van der Waals surface area contributed by atoms with Crippen LogP contribution in [0.1, 0.15) is 78.3 Å². The summed E-state index contributed by atoms with van der Waals surface area (Å²) in [4.78, 5) is 16.2. The normalized spacial score (nSPS) is 14.2. The number of nitrogens with zero attached hydrogens (tertiary/aromatic N) is 1. The number of ether oxygens (including phenoxy) is 1. The van der Waals surface area contributed by atoms with E-state index in [-0.39, 0.29) is 17.1 Å². The van der Waals surface area contributed by atoms with E-state index in [0.29, 0.717) is 11.6 Å². The van der Waals surface area contributed by atoms with Crippen LogP contribution in [0.15, 0.2) is 103 Å². The summed E-state index contributed by atoms with van der Waals surface area (Å²) < 4.78 is 4.97. The molecule has 51 heavy (non-hydrogen) atoms. The van der Waals surface area contributed by atoms with Gasteiger partial charge in [-0.1, -0.05) is 90.5 Å². The number of hydrogen-bond acceptors (Lipinski definition) is 6. The Morgan fingerprint density at radius 1 is 1.00 bits per heavy atom. The van der Waals surface area contributed by atoms with E-state index in [4.69, 9.17) is 27.1 Å². The molecule has 1 aromatic heterocycles. The van der Waals surface area contributed by atoms with E-state index in [2.05, 4.69) is 42.5 Å². The molecule has 8 heteroatoms. The number of carboxylic acid groups (broad SMARTS) is 1. The van der Waals surface area contributed by atoms with Crippen molar-refractivity contribution in [2.45, 2.75) is 63.3 Å². The minimum Gasteiger partial charge on any atom is -0.497 e. The lowest BCUT2D eigenvalue weighted by atomic mass is 9.90. The summed E-state index contributed by atoms with van der Waals surface area (Å²) in [5.41, 5.74) is 11.7. The first-order valence-corrected chi connectivity index (χ1v) is 18.7. The van der Waals surface area contributed by atoms with Gasteiger partial charge in [-0.05, 0) is 109 Å². The van der Waals surface area contributed by atoms with Crippen LogP contribution in [0.2, 0.25) is 5.02 Å². The lowest BCUT2D eigenvalue weighted by Crippen LogP contribution is -2.18. The number of fused-ring (bicyclic) bond motifs is 1. The fraction of sp³-hybridized carbons (Fsp3) is 0.302. The number of aromatic nitrogens is 1. The van der Waals surface area contributed by atoms with Gasteiger partial charge in [-0.3, -0.25) is 4.79 Å². The highest BCUT2D eigenvalue weighted by molar-refractivity contribution is 7.99. The van der Waals surface area contributed by atoms with Crippen LogP contribution >= 0.6 is 23.4 Å². The molecule has 1 aliphatic carbocycles. The van der Waals surface area contributed by atoms with Gasteiger partial charge in [0.1, 0.15) is 5.75 Å². The minimum absolute atomic E-state index is 0.0814. The number of aliphatic hydroxyl groups is 1. The Labute approximate surface area is 310 Å². The molecule has 1 saturated carbocycles. The number of carbonyl (C=O) groups is 1. The van der Waals surface area contributed by atoms with Gasteiger partial charge < -0.3 is 20.7 Å². The van der Waals surface area contributed by atoms with Crippen molar-refractivity contribution in [2.75, 3.05) is 12.9 Å². The van der Waals surface area contributed by atoms with E-state index in [9.17, 15) is 15.0 Å². The summed E-state index contributed by atoms with van der Waals surface area (Å²) in [5.74, 6) is 0.994. The molecular formula is C43H47ClN2O4S. The second kappa shape index (κ2) is 17.4. The highest BCUT2D eigenvalue weighted by Gasteiger charge is 2.44. The highest BCUT2D eigenvalue weighted by atomic mass is 35.5. The van der Waals surface area contributed by atoms with Crippen LogP contribution in [0.3, 0.4) is 0 Å². The predicted molar refractivity (Wildman–Crippen MR) is 212 cm³/mol. The molecule has 0 unspecified atom stereocenters. The fourth-order valence-corrected chi connectivity index (χ4v) is 7.86. The van der Waals surface area contributed by atoms with Gasteiger partial charge in [0.25, 0.3) is 0 Å².